The van der Waals surface area contributed by atoms with Crippen LogP contribution in [-0.2, 0) is 0 Å². The molecular weight excluding hydrogens is 352 g/mol. The van der Waals surface area contributed by atoms with Gasteiger partial charge in [-0.25, -0.2) is 4.79 Å². The van der Waals surface area contributed by atoms with Gasteiger partial charge < -0.3 is 15.2 Å². The van der Waals surface area contributed by atoms with E-state index in [-0.39, 0.29) is 24.1 Å². The SMILES string of the molecule is Cc1cccc2c(Nc3ccc(OC(C)C)cc3)c(C(=O)O)cnc12.Cl. The lowest BCUT2D eigenvalue weighted by Gasteiger charge is -2.14. The second-order valence-electron chi connectivity index (χ2n) is 6.14. The van der Waals surface area contributed by atoms with Crippen LogP contribution in [0.4, 0.5) is 11.4 Å². The Morgan fingerprint density at radius 1 is 1.15 bits per heavy atom. The fourth-order valence-corrected chi connectivity index (χ4v) is 2.70. The Labute approximate surface area is 158 Å². The number of halogens is 1. The number of anilines is 2. The van der Waals surface area contributed by atoms with Crippen LogP contribution in [0, 0.1) is 6.92 Å². The Balaban J connectivity index is 0.00000243. The molecule has 0 saturated carbocycles. The number of nitrogens with zero attached hydrogens (tertiary/aromatic N) is 1. The largest absolute Gasteiger partial charge is 0.491 e. The maximum atomic E-state index is 11.6. The van der Waals surface area contributed by atoms with Crippen molar-refractivity contribution in [2.24, 2.45) is 0 Å². The average Bonchev–Trinajstić information content (AvgIpc) is 2.56. The summed E-state index contributed by atoms with van der Waals surface area (Å²) in [5, 5.41) is 13.5. The van der Waals surface area contributed by atoms with Crippen LogP contribution < -0.4 is 10.1 Å². The second kappa shape index (κ2) is 8.06. The monoisotopic (exact) mass is 372 g/mol. The molecule has 0 saturated heterocycles. The first-order valence-corrected chi connectivity index (χ1v) is 8.11. The molecule has 0 amide bonds. The third kappa shape index (κ3) is 4.06. The summed E-state index contributed by atoms with van der Waals surface area (Å²) in [6.45, 7) is 5.89. The minimum atomic E-state index is -1.02. The average molecular weight is 373 g/mol. The van der Waals surface area contributed by atoms with Gasteiger partial charge >= 0.3 is 5.97 Å². The topological polar surface area (TPSA) is 71.5 Å². The van der Waals surface area contributed by atoms with Gasteiger partial charge in [0.25, 0.3) is 0 Å². The Hall–Kier alpha value is -2.79. The molecule has 1 heterocycles. The quantitative estimate of drug-likeness (QED) is 0.644. The van der Waals surface area contributed by atoms with Crippen molar-refractivity contribution in [3.8, 4) is 5.75 Å². The number of carbonyl (C=O) groups is 1. The van der Waals surface area contributed by atoms with Crippen LogP contribution in [0.25, 0.3) is 10.9 Å². The normalized spacial score (nSPS) is 10.5. The van der Waals surface area contributed by atoms with Crippen LogP contribution in [0.2, 0.25) is 0 Å². The van der Waals surface area contributed by atoms with Gasteiger partial charge in [-0.1, -0.05) is 18.2 Å². The Morgan fingerprint density at radius 2 is 1.85 bits per heavy atom. The molecule has 0 spiro atoms. The molecule has 0 aliphatic rings. The van der Waals surface area contributed by atoms with E-state index >= 15 is 0 Å². The molecule has 0 fully saturated rings. The minimum absolute atomic E-state index is 0. The lowest BCUT2D eigenvalue weighted by atomic mass is 10.1. The summed E-state index contributed by atoms with van der Waals surface area (Å²) in [7, 11) is 0. The zero-order chi connectivity index (χ0) is 18.0. The van der Waals surface area contributed by atoms with Crippen LogP contribution >= 0.6 is 12.4 Å². The van der Waals surface area contributed by atoms with Crippen LogP contribution in [0.1, 0.15) is 29.8 Å². The predicted octanol–water partition coefficient (Wildman–Crippen LogP) is 5.19. The summed E-state index contributed by atoms with van der Waals surface area (Å²) >= 11 is 0. The molecule has 1 aromatic heterocycles. The van der Waals surface area contributed by atoms with Gasteiger partial charge in [0.15, 0.2) is 0 Å². The smallest absolute Gasteiger partial charge is 0.339 e. The Kier molecular flexibility index (Phi) is 6.05. The van der Waals surface area contributed by atoms with E-state index in [1.165, 1.54) is 6.20 Å². The number of aryl methyl sites for hydroxylation is 1. The number of ether oxygens (including phenoxy) is 1. The third-order valence-electron chi connectivity index (χ3n) is 3.83. The first-order valence-electron chi connectivity index (χ1n) is 8.11. The fourth-order valence-electron chi connectivity index (χ4n) is 2.70. The summed E-state index contributed by atoms with van der Waals surface area (Å²) in [6, 6.07) is 13.2. The number of hydrogen-bond donors (Lipinski definition) is 2. The molecule has 0 radical (unpaired) electrons. The van der Waals surface area contributed by atoms with E-state index in [1.807, 2.05) is 63.2 Å². The number of hydrogen-bond acceptors (Lipinski definition) is 4. The van der Waals surface area contributed by atoms with E-state index in [0.717, 1.165) is 27.9 Å². The highest BCUT2D eigenvalue weighted by Crippen LogP contribution is 2.31. The van der Waals surface area contributed by atoms with Crippen molar-refractivity contribution in [2.75, 3.05) is 5.32 Å². The first-order chi connectivity index (χ1) is 12.0. The number of pyridine rings is 1. The molecule has 0 aliphatic heterocycles. The predicted molar refractivity (Wildman–Crippen MR) is 106 cm³/mol. The van der Waals surface area contributed by atoms with Crippen molar-refractivity contribution in [1.29, 1.82) is 0 Å². The molecule has 26 heavy (non-hydrogen) atoms. The molecule has 5 nitrogen and oxygen atoms in total. The van der Waals surface area contributed by atoms with E-state index in [1.54, 1.807) is 0 Å². The summed E-state index contributed by atoms with van der Waals surface area (Å²) < 4.78 is 5.64. The summed E-state index contributed by atoms with van der Waals surface area (Å²) in [5.41, 5.74) is 3.25. The van der Waals surface area contributed by atoms with Gasteiger partial charge in [-0.05, 0) is 50.6 Å². The molecule has 3 aromatic rings. The first kappa shape index (κ1) is 19.5. The molecule has 6 heteroatoms. The molecule has 2 aromatic carbocycles. The van der Waals surface area contributed by atoms with Crippen molar-refractivity contribution < 1.29 is 14.6 Å². The van der Waals surface area contributed by atoms with E-state index in [9.17, 15) is 9.90 Å². The molecule has 0 bridgehead atoms. The summed E-state index contributed by atoms with van der Waals surface area (Å²) in [4.78, 5) is 15.9. The highest BCUT2D eigenvalue weighted by Gasteiger charge is 2.15. The Morgan fingerprint density at radius 3 is 2.46 bits per heavy atom. The van der Waals surface area contributed by atoms with E-state index < -0.39 is 5.97 Å². The highest BCUT2D eigenvalue weighted by atomic mass is 35.5. The Bertz CT molecular complexity index is 924. The third-order valence-corrected chi connectivity index (χ3v) is 3.83. The standard InChI is InChI=1S/C20H20N2O3.ClH/c1-12(2)25-15-9-7-14(8-10-15)22-19-16-6-4-5-13(3)18(16)21-11-17(19)20(23)24;/h4-12H,1-3H3,(H,21,22)(H,23,24);1H. The van der Waals surface area contributed by atoms with Crippen molar-refractivity contribution in [3.05, 3.63) is 59.8 Å². The van der Waals surface area contributed by atoms with Gasteiger partial charge in [0.1, 0.15) is 11.3 Å². The van der Waals surface area contributed by atoms with Crippen molar-refractivity contribution in [3.63, 3.8) is 0 Å². The number of para-hydroxylation sites is 1. The number of rotatable bonds is 5. The van der Waals surface area contributed by atoms with Gasteiger partial charge in [-0.2, -0.15) is 0 Å². The van der Waals surface area contributed by atoms with E-state index in [4.69, 9.17) is 4.74 Å². The lowest BCUT2D eigenvalue weighted by molar-refractivity contribution is 0.0697. The maximum Gasteiger partial charge on any atom is 0.339 e. The van der Waals surface area contributed by atoms with Crippen LogP contribution in [0.15, 0.2) is 48.7 Å². The maximum absolute atomic E-state index is 11.6. The number of carboxylic acids is 1. The van der Waals surface area contributed by atoms with Crippen molar-refractivity contribution in [2.45, 2.75) is 26.9 Å². The van der Waals surface area contributed by atoms with Crippen molar-refractivity contribution >= 4 is 40.7 Å². The zero-order valence-electron chi connectivity index (χ0n) is 14.8. The lowest BCUT2D eigenvalue weighted by Crippen LogP contribution is -2.06. The number of benzene rings is 2. The van der Waals surface area contributed by atoms with Gasteiger partial charge in [0, 0.05) is 17.3 Å². The van der Waals surface area contributed by atoms with Crippen LogP contribution in [0.5, 0.6) is 5.75 Å². The number of aromatic nitrogens is 1. The van der Waals surface area contributed by atoms with Crippen molar-refractivity contribution in [1.82, 2.24) is 4.98 Å². The number of fused-ring (bicyclic) bond motifs is 1. The minimum Gasteiger partial charge on any atom is -0.491 e. The molecule has 136 valence electrons. The molecule has 0 aliphatic carbocycles. The van der Waals surface area contributed by atoms with Gasteiger partial charge in [0.05, 0.1) is 17.3 Å². The van der Waals surface area contributed by atoms with Crippen LogP contribution in [-0.4, -0.2) is 22.2 Å². The number of aromatic carboxylic acids is 1. The van der Waals surface area contributed by atoms with E-state index in [2.05, 4.69) is 10.3 Å². The van der Waals surface area contributed by atoms with E-state index in [0.29, 0.717) is 5.69 Å². The van der Waals surface area contributed by atoms with Gasteiger partial charge in [-0.3, -0.25) is 4.98 Å². The second-order valence-corrected chi connectivity index (χ2v) is 6.14. The van der Waals surface area contributed by atoms with Crippen LogP contribution in [0.3, 0.4) is 0 Å². The highest BCUT2D eigenvalue weighted by molar-refractivity contribution is 6.05. The molecule has 0 atom stereocenters. The molecule has 3 rings (SSSR count). The molecule has 2 N–H and O–H groups in total. The summed E-state index contributed by atoms with van der Waals surface area (Å²) in [6.07, 6.45) is 1.50. The fraction of sp³-hybridized carbons (Fsp3) is 0.200. The van der Waals surface area contributed by atoms with Gasteiger partial charge in [-0.15, -0.1) is 12.4 Å². The zero-order valence-corrected chi connectivity index (χ0v) is 15.6. The number of nitrogens with one attached hydrogen (secondary N) is 1. The van der Waals surface area contributed by atoms with Gasteiger partial charge in [0.2, 0.25) is 0 Å². The molecular formula is C20H21ClN2O3. The number of carboxylic acid groups (broad SMARTS) is 1. The molecule has 0 unspecified atom stereocenters. The summed E-state index contributed by atoms with van der Waals surface area (Å²) in [5.74, 6) is -0.243.